The number of hydrogen-bond acceptors (Lipinski definition) is 3. The number of carbonyl (C=O) groups is 2. The monoisotopic (exact) mass is 754 g/mol. The van der Waals surface area contributed by atoms with E-state index < -0.39 is 42.2 Å². The Hall–Kier alpha value is -5.91. The molecule has 0 atom stereocenters. The maximum Gasteiger partial charge on any atom is 0.416 e. The van der Waals surface area contributed by atoms with E-state index in [4.69, 9.17) is 4.98 Å². The van der Waals surface area contributed by atoms with Crippen LogP contribution >= 0.6 is 0 Å². The highest BCUT2D eigenvalue weighted by Crippen LogP contribution is 2.45. The van der Waals surface area contributed by atoms with E-state index >= 15 is 0 Å². The summed E-state index contributed by atoms with van der Waals surface area (Å²) in [5.41, 5.74) is 5.28. The zero-order chi connectivity index (χ0) is 39.1. The highest BCUT2D eigenvalue weighted by atomic mass is 19.4. The van der Waals surface area contributed by atoms with Gasteiger partial charge in [-0.05, 0) is 83.5 Å². The van der Waals surface area contributed by atoms with E-state index in [1.807, 2.05) is 34.9 Å². The molecule has 1 heterocycles. The standard InChI is InChI=1S/C43H36F6N4O2/c1-27-50-39-36(51(2)40(54)35-17-8-3-12-30(35)28-20-22-29(23-21-28)43(47,48)49)18-11-19-37(39)53(27)25-10-9-24-52(26-42(44,45)46)41(55)38-33-15-6-4-13-31(33)32-14-5-7-16-34(32)38/h3-8,11-23,38H,9-10,24-26H2,1-2H3. The molecule has 0 unspecified atom stereocenters. The maximum atomic E-state index is 14.0. The van der Waals surface area contributed by atoms with Crippen LogP contribution in [0.3, 0.4) is 0 Å². The first-order chi connectivity index (χ1) is 26.2. The van der Waals surface area contributed by atoms with Crippen molar-refractivity contribution in [2.24, 2.45) is 0 Å². The normalized spacial score (nSPS) is 12.8. The summed E-state index contributed by atoms with van der Waals surface area (Å²) in [4.78, 5) is 35.0. The summed E-state index contributed by atoms with van der Waals surface area (Å²) < 4.78 is 83.1. The number of nitrogens with zero attached hydrogens (tertiary/aromatic N) is 4. The lowest BCUT2D eigenvalue weighted by Gasteiger charge is -2.27. The van der Waals surface area contributed by atoms with Crippen LogP contribution in [0.25, 0.3) is 33.3 Å². The maximum absolute atomic E-state index is 14.0. The van der Waals surface area contributed by atoms with Crippen molar-refractivity contribution in [3.8, 4) is 22.3 Å². The van der Waals surface area contributed by atoms with Gasteiger partial charge < -0.3 is 14.4 Å². The van der Waals surface area contributed by atoms with Crippen molar-refractivity contribution >= 4 is 28.5 Å². The van der Waals surface area contributed by atoms with Crippen molar-refractivity contribution in [3.63, 3.8) is 0 Å². The molecule has 1 aliphatic rings. The number of unbranched alkanes of at least 4 members (excludes halogenated alkanes) is 1. The summed E-state index contributed by atoms with van der Waals surface area (Å²) >= 11 is 0. The van der Waals surface area contributed by atoms with Crippen LogP contribution in [0.5, 0.6) is 0 Å². The molecule has 0 aliphatic heterocycles. The first-order valence-corrected chi connectivity index (χ1v) is 17.8. The Morgan fingerprint density at radius 1 is 0.727 bits per heavy atom. The first-order valence-electron chi connectivity index (χ1n) is 17.8. The number of halogens is 6. The molecule has 2 amide bonds. The molecule has 0 N–H and O–H groups in total. The summed E-state index contributed by atoms with van der Waals surface area (Å²) in [5.74, 6) is -1.17. The van der Waals surface area contributed by atoms with Gasteiger partial charge in [0.05, 0.1) is 22.7 Å². The number of imidazole rings is 1. The van der Waals surface area contributed by atoms with Crippen LogP contribution < -0.4 is 4.90 Å². The summed E-state index contributed by atoms with van der Waals surface area (Å²) in [6, 6.07) is 31.4. The predicted octanol–water partition coefficient (Wildman–Crippen LogP) is 10.3. The number of carbonyl (C=O) groups excluding carboxylic acids is 2. The number of benzene rings is 5. The van der Waals surface area contributed by atoms with Gasteiger partial charge in [-0.25, -0.2) is 4.98 Å². The SMILES string of the molecule is Cc1nc2c(N(C)C(=O)c3ccccc3-c3ccc(C(F)(F)F)cc3)cccc2n1CCCCN(CC(F)(F)F)C(=O)C1c2ccccc2-c2ccccc21. The number of aromatic nitrogens is 2. The summed E-state index contributed by atoms with van der Waals surface area (Å²) in [6.45, 7) is 0.764. The van der Waals surface area contributed by atoms with Gasteiger partial charge >= 0.3 is 12.4 Å². The van der Waals surface area contributed by atoms with Gasteiger partial charge in [-0.3, -0.25) is 9.59 Å². The molecule has 55 heavy (non-hydrogen) atoms. The minimum Gasteiger partial charge on any atom is -0.333 e. The van der Waals surface area contributed by atoms with Gasteiger partial charge in [-0.1, -0.05) is 84.9 Å². The quantitative estimate of drug-likeness (QED) is 0.103. The molecule has 0 saturated carbocycles. The summed E-state index contributed by atoms with van der Waals surface area (Å²) in [5, 5.41) is 0. The van der Waals surface area contributed by atoms with Gasteiger partial charge in [0.25, 0.3) is 5.91 Å². The van der Waals surface area contributed by atoms with E-state index in [0.717, 1.165) is 28.2 Å². The molecule has 1 aliphatic carbocycles. The molecule has 5 aromatic carbocycles. The van der Waals surface area contributed by atoms with Crippen LogP contribution in [0, 0.1) is 6.92 Å². The van der Waals surface area contributed by atoms with Crippen LogP contribution in [-0.2, 0) is 17.5 Å². The molecule has 12 heteroatoms. The van der Waals surface area contributed by atoms with Crippen LogP contribution in [0.2, 0.25) is 0 Å². The van der Waals surface area contributed by atoms with Crippen LogP contribution in [-0.4, -0.2) is 52.6 Å². The third kappa shape index (κ3) is 7.45. The second kappa shape index (κ2) is 14.7. The number of fused-ring (bicyclic) bond motifs is 4. The molecule has 6 aromatic rings. The van der Waals surface area contributed by atoms with E-state index in [0.29, 0.717) is 69.7 Å². The van der Waals surface area contributed by atoms with E-state index in [9.17, 15) is 35.9 Å². The number of para-hydroxylation sites is 1. The molecule has 0 fully saturated rings. The molecule has 0 spiro atoms. The highest BCUT2D eigenvalue weighted by Gasteiger charge is 2.40. The molecule has 0 radical (unpaired) electrons. The minimum atomic E-state index is -4.58. The Kier molecular flexibility index (Phi) is 10.0. The topological polar surface area (TPSA) is 58.4 Å². The van der Waals surface area contributed by atoms with Gasteiger partial charge in [-0.2, -0.15) is 26.3 Å². The molecular formula is C43H36F6N4O2. The third-order valence-corrected chi connectivity index (χ3v) is 10.1. The van der Waals surface area contributed by atoms with Gasteiger partial charge in [0.2, 0.25) is 5.91 Å². The number of anilines is 1. The van der Waals surface area contributed by atoms with Crippen molar-refractivity contribution in [1.29, 1.82) is 0 Å². The molecule has 0 saturated heterocycles. The number of alkyl halides is 6. The Labute approximate surface area is 313 Å². The average Bonchev–Trinajstić information content (AvgIpc) is 3.68. The van der Waals surface area contributed by atoms with Crippen LogP contribution in [0.15, 0.2) is 115 Å². The summed E-state index contributed by atoms with van der Waals surface area (Å²) in [7, 11) is 1.60. The highest BCUT2D eigenvalue weighted by molar-refractivity contribution is 6.12. The smallest absolute Gasteiger partial charge is 0.333 e. The molecular weight excluding hydrogens is 718 g/mol. The van der Waals surface area contributed by atoms with E-state index in [1.165, 1.54) is 17.0 Å². The molecule has 0 bridgehead atoms. The van der Waals surface area contributed by atoms with Crippen molar-refractivity contribution < 1.29 is 35.9 Å². The zero-order valence-corrected chi connectivity index (χ0v) is 30.0. The Morgan fingerprint density at radius 3 is 1.95 bits per heavy atom. The van der Waals surface area contributed by atoms with E-state index in [-0.39, 0.29) is 6.54 Å². The zero-order valence-electron chi connectivity index (χ0n) is 30.0. The van der Waals surface area contributed by atoms with Gasteiger partial charge in [0, 0.05) is 25.7 Å². The van der Waals surface area contributed by atoms with E-state index in [1.54, 1.807) is 74.6 Å². The number of hydrogen-bond donors (Lipinski definition) is 0. The van der Waals surface area contributed by atoms with Crippen LogP contribution in [0.4, 0.5) is 32.0 Å². The second-order valence-corrected chi connectivity index (χ2v) is 13.6. The second-order valence-electron chi connectivity index (χ2n) is 13.6. The first kappa shape index (κ1) is 37.4. The lowest BCUT2D eigenvalue weighted by atomic mass is 9.95. The molecule has 282 valence electrons. The summed E-state index contributed by atoms with van der Waals surface area (Å²) in [6.07, 6.45) is -8.32. The Bertz CT molecular complexity index is 2340. The van der Waals surface area contributed by atoms with E-state index in [2.05, 4.69) is 0 Å². The molecule has 6 nitrogen and oxygen atoms in total. The molecule has 1 aromatic heterocycles. The third-order valence-electron chi connectivity index (χ3n) is 10.1. The van der Waals surface area contributed by atoms with Crippen LogP contribution in [0.1, 0.15) is 51.6 Å². The molecule has 7 rings (SSSR count). The fourth-order valence-electron chi connectivity index (χ4n) is 7.51. The van der Waals surface area contributed by atoms with Crippen molar-refractivity contribution in [2.45, 2.75) is 44.6 Å². The fraction of sp³-hybridized carbons (Fsp3) is 0.233. The van der Waals surface area contributed by atoms with Gasteiger partial charge in [0.15, 0.2) is 0 Å². The van der Waals surface area contributed by atoms with Gasteiger partial charge in [-0.15, -0.1) is 0 Å². The van der Waals surface area contributed by atoms with Crippen molar-refractivity contribution in [3.05, 3.63) is 143 Å². The number of aryl methyl sites for hydroxylation is 2. The van der Waals surface area contributed by atoms with Crippen molar-refractivity contribution in [1.82, 2.24) is 14.5 Å². The van der Waals surface area contributed by atoms with Gasteiger partial charge in [0.1, 0.15) is 17.9 Å². The lowest BCUT2D eigenvalue weighted by Crippen LogP contribution is -2.42. The Balaban J connectivity index is 1.08. The average molecular weight is 755 g/mol. The Morgan fingerprint density at radius 2 is 1.33 bits per heavy atom. The largest absolute Gasteiger partial charge is 0.416 e. The predicted molar refractivity (Wildman–Crippen MR) is 200 cm³/mol. The minimum absolute atomic E-state index is 0.0916. The number of rotatable bonds is 10. The fourth-order valence-corrected chi connectivity index (χ4v) is 7.51. The number of amides is 2. The lowest BCUT2D eigenvalue weighted by molar-refractivity contribution is -0.161. The van der Waals surface area contributed by atoms with Crippen molar-refractivity contribution in [2.75, 3.05) is 25.0 Å².